The lowest BCUT2D eigenvalue weighted by Gasteiger charge is -2.16. The summed E-state index contributed by atoms with van der Waals surface area (Å²) < 4.78 is 25.8. The fraction of sp³-hybridized carbons (Fsp3) is 0.150. The van der Waals surface area contributed by atoms with Crippen LogP contribution < -0.4 is 15.0 Å². The van der Waals surface area contributed by atoms with E-state index in [0.29, 0.717) is 18.0 Å². The lowest BCUT2D eigenvalue weighted by Crippen LogP contribution is -2.22. The summed E-state index contributed by atoms with van der Waals surface area (Å²) in [5.41, 5.74) is 0.347. The van der Waals surface area contributed by atoms with Crippen LogP contribution in [0.15, 0.2) is 77.7 Å². The zero-order chi connectivity index (χ0) is 17.6. The first-order chi connectivity index (χ1) is 12.1. The number of halogens is 1. The van der Waals surface area contributed by atoms with E-state index in [1.807, 2.05) is 37.3 Å². The summed E-state index contributed by atoms with van der Waals surface area (Å²) in [5.74, 6) is 0.890. The molecule has 1 atom stereocenters. The number of hydrogen-bond acceptors (Lipinski definition) is 3. The summed E-state index contributed by atoms with van der Waals surface area (Å²) in [6.45, 7) is 2.21. The van der Waals surface area contributed by atoms with Crippen LogP contribution in [0, 0.1) is 5.82 Å². The van der Waals surface area contributed by atoms with E-state index >= 15 is 0 Å². The van der Waals surface area contributed by atoms with Crippen LogP contribution in [0.5, 0.6) is 11.5 Å². The summed E-state index contributed by atoms with van der Waals surface area (Å²) in [7, 11) is 0. The van der Waals surface area contributed by atoms with Gasteiger partial charge in [0, 0.05) is 18.0 Å². The molecule has 1 aromatic heterocycles. The van der Waals surface area contributed by atoms with Gasteiger partial charge in [0.25, 0.3) is 5.56 Å². The van der Waals surface area contributed by atoms with Crippen molar-refractivity contribution in [2.75, 3.05) is 6.61 Å². The molecule has 1 unspecified atom stereocenters. The van der Waals surface area contributed by atoms with Gasteiger partial charge in [-0.3, -0.25) is 9.36 Å². The minimum Gasteiger partial charge on any atom is -0.489 e. The quantitative estimate of drug-likeness (QED) is 0.685. The number of nitrogens with zero attached hydrogens (tertiary/aromatic N) is 1. The topological polar surface area (TPSA) is 40.5 Å². The molecular formula is C20H18FNO3. The highest BCUT2D eigenvalue weighted by Gasteiger charge is 2.07. The van der Waals surface area contributed by atoms with Gasteiger partial charge in [-0.25, -0.2) is 4.39 Å². The van der Waals surface area contributed by atoms with E-state index in [1.165, 1.54) is 22.8 Å². The number of hydrogen-bond donors (Lipinski definition) is 0. The Morgan fingerprint density at radius 3 is 2.40 bits per heavy atom. The van der Waals surface area contributed by atoms with Crippen LogP contribution >= 0.6 is 0 Å². The lowest BCUT2D eigenvalue weighted by molar-refractivity contribution is 0.143. The molecule has 3 rings (SSSR count). The maximum absolute atomic E-state index is 13.0. The Balaban J connectivity index is 1.63. The normalized spacial score (nSPS) is 11.8. The van der Waals surface area contributed by atoms with Crippen molar-refractivity contribution in [2.45, 2.75) is 13.0 Å². The summed E-state index contributed by atoms with van der Waals surface area (Å²) >= 11 is 0. The minimum absolute atomic E-state index is 0.165. The predicted molar refractivity (Wildman–Crippen MR) is 94.0 cm³/mol. The van der Waals surface area contributed by atoms with Gasteiger partial charge in [0.1, 0.15) is 30.0 Å². The molecule has 0 fully saturated rings. The molecule has 0 bridgehead atoms. The second kappa shape index (κ2) is 7.66. The SMILES string of the molecule is CC(COc1ccn(-c2ccc(F)cc2)c(=O)c1)Oc1ccccc1. The number of aromatic nitrogens is 1. The van der Waals surface area contributed by atoms with Crippen molar-refractivity contribution in [3.63, 3.8) is 0 Å². The number of pyridine rings is 1. The lowest BCUT2D eigenvalue weighted by atomic mass is 10.3. The molecule has 1 heterocycles. The molecule has 128 valence electrons. The molecule has 0 saturated heterocycles. The second-order valence-corrected chi connectivity index (χ2v) is 5.60. The summed E-state index contributed by atoms with van der Waals surface area (Å²) in [6, 6.07) is 18.3. The number of rotatable bonds is 6. The molecule has 4 nitrogen and oxygen atoms in total. The molecule has 0 N–H and O–H groups in total. The van der Waals surface area contributed by atoms with E-state index in [1.54, 1.807) is 24.4 Å². The van der Waals surface area contributed by atoms with Gasteiger partial charge in [0.05, 0.1) is 0 Å². The number of ether oxygens (including phenoxy) is 2. The zero-order valence-corrected chi connectivity index (χ0v) is 13.8. The molecule has 0 aliphatic rings. The van der Waals surface area contributed by atoms with E-state index in [0.717, 1.165) is 5.75 Å². The predicted octanol–water partition coefficient (Wildman–Crippen LogP) is 3.82. The summed E-state index contributed by atoms with van der Waals surface area (Å²) in [5, 5.41) is 0. The van der Waals surface area contributed by atoms with Gasteiger partial charge < -0.3 is 9.47 Å². The second-order valence-electron chi connectivity index (χ2n) is 5.60. The highest BCUT2D eigenvalue weighted by Crippen LogP contribution is 2.13. The fourth-order valence-electron chi connectivity index (χ4n) is 2.34. The van der Waals surface area contributed by atoms with E-state index in [9.17, 15) is 9.18 Å². The molecule has 0 radical (unpaired) electrons. The molecule has 0 aliphatic carbocycles. The van der Waals surface area contributed by atoms with Crippen molar-refractivity contribution in [2.24, 2.45) is 0 Å². The Kier molecular flexibility index (Phi) is 5.14. The highest BCUT2D eigenvalue weighted by molar-refractivity contribution is 5.34. The Bertz CT molecular complexity index is 875. The molecule has 0 aliphatic heterocycles. The van der Waals surface area contributed by atoms with Gasteiger partial charge in [-0.1, -0.05) is 18.2 Å². The van der Waals surface area contributed by atoms with Gasteiger partial charge in [0.2, 0.25) is 0 Å². The maximum atomic E-state index is 13.0. The zero-order valence-electron chi connectivity index (χ0n) is 13.8. The maximum Gasteiger partial charge on any atom is 0.258 e. The Morgan fingerprint density at radius 1 is 1.00 bits per heavy atom. The summed E-state index contributed by atoms with van der Waals surface area (Å²) in [4.78, 5) is 12.2. The van der Waals surface area contributed by atoms with Gasteiger partial charge >= 0.3 is 0 Å². The first kappa shape index (κ1) is 16.8. The average molecular weight is 339 g/mol. The Hall–Kier alpha value is -3.08. The van der Waals surface area contributed by atoms with Crippen molar-refractivity contribution < 1.29 is 13.9 Å². The molecule has 5 heteroatoms. The third-order valence-electron chi connectivity index (χ3n) is 3.56. The average Bonchev–Trinajstić information content (AvgIpc) is 2.62. The smallest absolute Gasteiger partial charge is 0.258 e. The molecule has 3 aromatic rings. The molecular weight excluding hydrogens is 321 g/mol. The van der Waals surface area contributed by atoms with E-state index < -0.39 is 0 Å². The van der Waals surface area contributed by atoms with Crippen LogP contribution in [0.2, 0.25) is 0 Å². The fourth-order valence-corrected chi connectivity index (χ4v) is 2.34. The molecule has 0 saturated carbocycles. The van der Waals surface area contributed by atoms with Crippen LogP contribution in [0.1, 0.15) is 6.92 Å². The third kappa shape index (κ3) is 4.47. The third-order valence-corrected chi connectivity index (χ3v) is 3.56. The van der Waals surface area contributed by atoms with E-state index in [-0.39, 0.29) is 17.5 Å². The van der Waals surface area contributed by atoms with Gasteiger partial charge in [0.15, 0.2) is 0 Å². The summed E-state index contributed by atoms with van der Waals surface area (Å²) in [6.07, 6.45) is 1.44. The first-order valence-corrected chi connectivity index (χ1v) is 7.95. The van der Waals surface area contributed by atoms with Crippen molar-refractivity contribution >= 4 is 0 Å². The van der Waals surface area contributed by atoms with Gasteiger partial charge in [-0.05, 0) is 49.4 Å². The van der Waals surface area contributed by atoms with Gasteiger partial charge in [-0.2, -0.15) is 0 Å². The monoisotopic (exact) mass is 339 g/mol. The van der Waals surface area contributed by atoms with E-state index in [4.69, 9.17) is 9.47 Å². The standard InChI is InChI=1S/C20H18FNO3/c1-15(25-18-5-3-2-4-6-18)14-24-19-11-12-22(20(23)13-19)17-9-7-16(21)8-10-17/h2-13,15H,14H2,1H3. The van der Waals surface area contributed by atoms with Crippen molar-refractivity contribution in [1.29, 1.82) is 0 Å². The largest absolute Gasteiger partial charge is 0.489 e. The van der Waals surface area contributed by atoms with Crippen LogP contribution in [-0.4, -0.2) is 17.3 Å². The van der Waals surface area contributed by atoms with Crippen molar-refractivity contribution in [1.82, 2.24) is 4.57 Å². The Labute approximate surface area is 145 Å². The van der Waals surface area contributed by atoms with Crippen molar-refractivity contribution in [3.8, 4) is 17.2 Å². The van der Waals surface area contributed by atoms with Crippen molar-refractivity contribution in [3.05, 3.63) is 89.1 Å². The number of benzene rings is 2. The molecule has 25 heavy (non-hydrogen) atoms. The first-order valence-electron chi connectivity index (χ1n) is 7.95. The van der Waals surface area contributed by atoms with Crippen LogP contribution in [0.25, 0.3) is 5.69 Å². The molecule has 2 aromatic carbocycles. The molecule has 0 amide bonds. The van der Waals surface area contributed by atoms with Gasteiger partial charge in [-0.15, -0.1) is 0 Å². The highest BCUT2D eigenvalue weighted by atomic mass is 19.1. The van der Waals surface area contributed by atoms with Crippen LogP contribution in [0.4, 0.5) is 4.39 Å². The van der Waals surface area contributed by atoms with Crippen LogP contribution in [-0.2, 0) is 0 Å². The number of para-hydroxylation sites is 1. The Morgan fingerprint density at radius 2 is 1.72 bits per heavy atom. The minimum atomic E-state index is -0.343. The van der Waals surface area contributed by atoms with E-state index in [2.05, 4.69) is 0 Å². The molecule has 0 spiro atoms. The van der Waals surface area contributed by atoms with Crippen LogP contribution in [0.3, 0.4) is 0 Å².